The summed E-state index contributed by atoms with van der Waals surface area (Å²) in [4.78, 5) is 19.2. The Hall–Kier alpha value is -2.69. The van der Waals surface area contributed by atoms with Gasteiger partial charge in [0.15, 0.2) is 0 Å². The van der Waals surface area contributed by atoms with Crippen LogP contribution in [-0.4, -0.2) is 48.7 Å². The quantitative estimate of drug-likeness (QED) is 0.499. The highest BCUT2D eigenvalue weighted by atomic mass is 16.5. The first kappa shape index (κ1) is 18.7. The summed E-state index contributed by atoms with van der Waals surface area (Å²) in [5.41, 5.74) is 7.28. The molecule has 6 atom stereocenters. The fourth-order valence-electron chi connectivity index (χ4n) is 8.43. The lowest BCUT2D eigenvalue weighted by atomic mass is 9.53. The van der Waals surface area contributed by atoms with Crippen molar-refractivity contribution in [2.45, 2.75) is 43.4 Å². The molecule has 4 heteroatoms. The zero-order chi connectivity index (χ0) is 21.9. The molecule has 166 valence electrons. The van der Waals surface area contributed by atoms with E-state index in [0.29, 0.717) is 24.5 Å². The van der Waals surface area contributed by atoms with Gasteiger partial charge in [-0.25, -0.2) is 0 Å². The molecule has 2 aromatic rings. The van der Waals surface area contributed by atoms with Crippen LogP contribution < -0.4 is 4.90 Å². The van der Waals surface area contributed by atoms with Crippen molar-refractivity contribution in [2.24, 2.45) is 11.8 Å². The maximum atomic E-state index is 14.3. The number of amides is 1. The molecule has 5 heterocycles. The third kappa shape index (κ3) is 2.17. The number of piperidine rings is 2. The number of ether oxygens (including phenoxy) is 1. The minimum Gasteiger partial charge on any atom is -0.369 e. The summed E-state index contributed by atoms with van der Waals surface area (Å²) >= 11 is 0. The molecule has 5 aliphatic heterocycles. The highest BCUT2D eigenvalue weighted by Crippen LogP contribution is 2.66. The summed E-state index contributed by atoms with van der Waals surface area (Å²) in [6, 6.07) is 18.0. The molecule has 0 radical (unpaired) electrons. The average molecular weight is 437 g/mol. The van der Waals surface area contributed by atoms with Gasteiger partial charge in [0.25, 0.3) is 5.91 Å². The van der Waals surface area contributed by atoms with Gasteiger partial charge in [-0.2, -0.15) is 0 Å². The van der Waals surface area contributed by atoms with Gasteiger partial charge in [0.1, 0.15) is 0 Å². The van der Waals surface area contributed by atoms with Crippen LogP contribution in [0, 0.1) is 18.8 Å². The summed E-state index contributed by atoms with van der Waals surface area (Å²) in [5.74, 6) is 0.964. The molecule has 1 spiro atoms. The Labute approximate surface area is 194 Å². The van der Waals surface area contributed by atoms with E-state index >= 15 is 0 Å². The summed E-state index contributed by atoms with van der Waals surface area (Å²) in [6.45, 7) is 4.91. The first-order chi connectivity index (χ1) is 16.2. The second-order valence-electron chi connectivity index (χ2n) is 10.9. The zero-order valence-corrected chi connectivity index (χ0v) is 18.9. The summed E-state index contributed by atoms with van der Waals surface area (Å²) < 4.78 is 6.59. The van der Waals surface area contributed by atoms with Gasteiger partial charge in [-0.1, -0.05) is 59.7 Å². The fraction of sp³-hybridized carbons (Fsp3) is 0.414. The SMILES string of the molecule is Cc1ccc(/C=C2/C(=O)N3c4ccccc4[C@]45CCN6CC7=CCO[C@@H]2[C@@H]([C@@H]7C[C@@H]64)[C@@H]35)cc1. The number of hydrogen-bond donors (Lipinski definition) is 0. The van der Waals surface area contributed by atoms with Crippen LogP contribution in [0.2, 0.25) is 0 Å². The van der Waals surface area contributed by atoms with E-state index in [1.165, 1.54) is 17.5 Å². The molecule has 1 saturated carbocycles. The van der Waals surface area contributed by atoms with Gasteiger partial charge < -0.3 is 9.64 Å². The number of benzene rings is 2. The second kappa shape index (κ2) is 6.25. The van der Waals surface area contributed by atoms with E-state index in [0.717, 1.165) is 36.3 Å². The Morgan fingerprint density at radius 1 is 1.12 bits per heavy atom. The fourth-order valence-corrected chi connectivity index (χ4v) is 8.43. The van der Waals surface area contributed by atoms with Crippen LogP contribution >= 0.6 is 0 Å². The van der Waals surface area contributed by atoms with Gasteiger partial charge in [0.2, 0.25) is 0 Å². The first-order valence-corrected chi connectivity index (χ1v) is 12.4. The molecule has 0 aromatic heterocycles. The highest BCUT2D eigenvalue weighted by Gasteiger charge is 2.71. The molecule has 0 unspecified atom stereocenters. The lowest BCUT2D eigenvalue weighted by Crippen LogP contribution is -2.69. The molecule has 33 heavy (non-hydrogen) atoms. The maximum Gasteiger partial charge on any atom is 0.257 e. The van der Waals surface area contributed by atoms with Gasteiger partial charge >= 0.3 is 0 Å². The van der Waals surface area contributed by atoms with Crippen LogP contribution in [0.3, 0.4) is 0 Å². The van der Waals surface area contributed by atoms with Crippen molar-refractivity contribution in [1.82, 2.24) is 4.90 Å². The van der Waals surface area contributed by atoms with Gasteiger partial charge in [-0.3, -0.25) is 9.69 Å². The maximum absolute atomic E-state index is 14.3. The monoisotopic (exact) mass is 436 g/mol. The molecule has 0 N–H and O–H groups in total. The van der Waals surface area contributed by atoms with E-state index in [1.807, 2.05) is 0 Å². The highest BCUT2D eigenvalue weighted by molar-refractivity contribution is 6.12. The molecule has 6 aliphatic rings. The average Bonchev–Trinajstić information content (AvgIpc) is 3.29. The molecule has 4 fully saturated rings. The molecular weight excluding hydrogens is 408 g/mol. The number of aryl methyl sites for hydroxylation is 1. The van der Waals surface area contributed by atoms with Crippen LogP contribution in [0.15, 0.2) is 65.8 Å². The molecule has 3 saturated heterocycles. The van der Waals surface area contributed by atoms with Crippen LogP contribution in [0.1, 0.15) is 29.5 Å². The number of carbonyl (C=O) groups excluding carboxylic acids is 1. The van der Waals surface area contributed by atoms with Crippen molar-refractivity contribution in [3.63, 3.8) is 0 Å². The Morgan fingerprint density at radius 3 is 2.85 bits per heavy atom. The molecule has 1 aliphatic carbocycles. The summed E-state index contributed by atoms with van der Waals surface area (Å²) in [5, 5.41) is 0. The number of anilines is 1. The van der Waals surface area contributed by atoms with E-state index in [1.54, 1.807) is 5.57 Å². The number of fused-ring (bicyclic) bond motifs is 2. The van der Waals surface area contributed by atoms with E-state index in [-0.39, 0.29) is 23.5 Å². The van der Waals surface area contributed by atoms with Crippen molar-refractivity contribution < 1.29 is 9.53 Å². The van der Waals surface area contributed by atoms with Crippen LogP contribution in [-0.2, 0) is 14.9 Å². The molecule has 4 nitrogen and oxygen atoms in total. The summed E-state index contributed by atoms with van der Waals surface area (Å²) in [6.07, 6.45) is 6.64. The van der Waals surface area contributed by atoms with Gasteiger partial charge in [0, 0.05) is 35.2 Å². The number of nitrogens with zero attached hydrogens (tertiary/aromatic N) is 2. The second-order valence-corrected chi connectivity index (χ2v) is 10.9. The van der Waals surface area contributed by atoms with E-state index in [9.17, 15) is 4.79 Å². The number of para-hydroxylation sites is 1. The molecule has 2 aromatic carbocycles. The number of rotatable bonds is 1. The van der Waals surface area contributed by atoms with E-state index in [2.05, 4.69) is 77.4 Å². The normalized spacial score (nSPS) is 38.9. The van der Waals surface area contributed by atoms with Gasteiger partial charge in [-0.05, 0) is 55.5 Å². The number of carbonyl (C=O) groups is 1. The van der Waals surface area contributed by atoms with Crippen molar-refractivity contribution in [3.05, 3.63) is 82.4 Å². The molecular formula is C29H28N2O2. The van der Waals surface area contributed by atoms with Crippen molar-refractivity contribution in [1.29, 1.82) is 0 Å². The largest absolute Gasteiger partial charge is 0.369 e. The van der Waals surface area contributed by atoms with Crippen molar-refractivity contribution in [3.8, 4) is 0 Å². The topological polar surface area (TPSA) is 32.8 Å². The molecule has 1 amide bonds. The molecule has 8 rings (SSSR count). The van der Waals surface area contributed by atoms with Crippen LogP contribution in [0.5, 0.6) is 0 Å². The molecule has 2 bridgehead atoms. The predicted octanol–water partition coefficient (Wildman–Crippen LogP) is 4.09. The van der Waals surface area contributed by atoms with Gasteiger partial charge in [-0.15, -0.1) is 0 Å². The minimum atomic E-state index is -0.141. The Bertz CT molecular complexity index is 1260. The smallest absolute Gasteiger partial charge is 0.257 e. The zero-order valence-electron chi connectivity index (χ0n) is 18.9. The standard InChI is InChI=1S/C29H28N2O2/c1-17-6-8-18(9-7-17)14-21-26-25-20-15-24-29(11-12-30(24)16-19(20)10-13-33-26)22-4-2-3-5-23(22)31(27(25)29)28(21)32/h2-10,14,20,24-27H,11-13,15-16H2,1H3/b21-14+/t20-,24-,25-,26+,27-,29-/m1/s1. The lowest BCUT2D eigenvalue weighted by molar-refractivity contribution is -0.123. The van der Waals surface area contributed by atoms with Crippen molar-refractivity contribution >= 4 is 17.7 Å². The van der Waals surface area contributed by atoms with Crippen LogP contribution in [0.4, 0.5) is 5.69 Å². The summed E-state index contributed by atoms with van der Waals surface area (Å²) in [7, 11) is 0. The lowest BCUT2D eigenvalue weighted by Gasteiger charge is -2.59. The third-order valence-corrected chi connectivity index (χ3v) is 9.63. The van der Waals surface area contributed by atoms with E-state index in [4.69, 9.17) is 4.74 Å². The first-order valence-electron chi connectivity index (χ1n) is 12.4. The Kier molecular flexibility index (Phi) is 3.54. The number of hydrogen-bond acceptors (Lipinski definition) is 3. The minimum absolute atomic E-state index is 0.0420. The third-order valence-electron chi connectivity index (χ3n) is 9.63. The van der Waals surface area contributed by atoms with Crippen molar-refractivity contribution in [2.75, 3.05) is 24.6 Å². The Morgan fingerprint density at radius 2 is 1.97 bits per heavy atom. The van der Waals surface area contributed by atoms with Crippen LogP contribution in [0.25, 0.3) is 6.08 Å². The van der Waals surface area contributed by atoms with E-state index < -0.39 is 0 Å². The predicted molar refractivity (Wildman–Crippen MR) is 128 cm³/mol. The van der Waals surface area contributed by atoms with Gasteiger partial charge in [0.05, 0.1) is 18.8 Å². The Balaban J connectivity index is 1.38.